The lowest BCUT2D eigenvalue weighted by Gasteiger charge is -2.43. The van der Waals surface area contributed by atoms with Crippen molar-refractivity contribution in [3.8, 4) is 0 Å². The van der Waals surface area contributed by atoms with Crippen LogP contribution >= 0.6 is 23.2 Å². The van der Waals surface area contributed by atoms with Gasteiger partial charge in [-0.05, 0) is 24.3 Å². The molecule has 28 heavy (non-hydrogen) atoms. The molecule has 150 valence electrons. The average molecular weight is 427 g/mol. The van der Waals surface area contributed by atoms with E-state index in [9.17, 15) is 10.2 Å². The smallest absolute Gasteiger partial charge is 0.184 e. The van der Waals surface area contributed by atoms with E-state index in [1.807, 2.05) is 0 Å². The predicted molar refractivity (Wildman–Crippen MR) is 102 cm³/mol. The van der Waals surface area contributed by atoms with Crippen molar-refractivity contribution in [2.75, 3.05) is 13.2 Å². The van der Waals surface area contributed by atoms with E-state index in [4.69, 9.17) is 42.1 Å². The molecule has 0 bridgehead atoms. The molecule has 0 saturated carbocycles. The van der Waals surface area contributed by atoms with Gasteiger partial charge in [-0.25, -0.2) is 0 Å². The molecule has 6 nitrogen and oxygen atoms in total. The van der Waals surface area contributed by atoms with Gasteiger partial charge in [-0.2, -0.15) is 0 Å². The van der Waals surface area contributed by atoms with E-state index in [1.165, 1.54) is 0 Å². The van der Waals surface area contributed by atoms with Crippen molar-refractivity contribution >= 4 is 23.2 Å². The Hall–Kier alpha value is -1.22. The summed E-state index contributed by atoms with van der Waals surface area (Å²) in [5, 5.41) is 22.0. The summed E-state index contributed by atoms with van der Waals surface area (Å²) < 4.78 is 23.1. The van der Waals surface area contributed by atoms with E-state index in [0.717, 1.165) is 11.1 Å². The molecule has 2 N–H and O–H groups in total. The largest absolute Gasteiger partial charge is 0.388 e. The van der Waals surface area contributed by atoms with E-state index in [1.54, 1.807) is 48.5 Å². The zero-order chi connectivity index (χ0) is 19.7. The van der Waals surface area contributed by atoms with Crippen LogP contribution in [0.25, 0.3) is 0 Å². The highest BCUT2D eigenvalue weighted by Crippen LogP contribution is 2.35. The summed E-state index contributed by atoms with van der Waals surface area (Å²) in [6.45, 7) is 0.105. The lowest BCUT2D eigenvalue weighted by Crippen LogP contribution is -2.55. The summed E-state index contributed by atoms with van der Waals surface area (Å²) in [5.74, 6) is 0. The maximum atomic E-state index is 10.4. The molecule has 4 rings (SSSR count). The molecule has 0 aliphatic carbocycles. The van der Waals surface area contributed by atoms with Gasteiger partial charge in [0.15, 0.2) is 12.6 Å². The van der Waals surface area contributed by atoms with Gasteiger partial charge in [0.2, 0.25) is 0 Å². The highest BCUT2D eigenvalue weighted by atomic mass is 35.5. The van der Waals surface area contributed by atoms with Crippen molar-refractivity contribution in [1.29, 1.82) is 0 Å². The first-order chi connectivity index (χ1) is 13.5. The minimum atomic E-state index is -0.952. The molecule has 2 saturated heterocycles. The molecule has 2 fully saturated rings. The number of hydrogen-bond acceptors (Lipinski definition) is 6. The van der Waals surface area contributed by atoms with Gasteiger partial charge in [0.1, 0.15) is 24.4 Å². The van der Waals surface area contributed by atoms with E-state index >= 15 is 0 Å². The van der Waals surface area contributed by atoms with E-state index < -0.39 is 37.0 Å². The maximum Gasteiger partial charge on any atom is 0.184 e. The standard InChI is InChI=1S/C20H20Cl2O6/c21-13-5-1-11(2-6-13)19-25-9-15(23)17(27-19)18-16(24)10-26-20(28-18)12-3-7-14(22)8-4-12/h1-8,15-20,23-24H,9-10H2/t15-,16+,17-,18-,19?,20?/m1/s1. The van der Waals surface area contributed by atoms with Gasteiger partial charge >= 0.3 is 0 Å². The molecule has 0 amide bonds. The van der Waals surface area contributed by atoms with Crippen LogP contribution in [-0.4, -0.2) is 47.8 Å². The molecule has 2 aliphatic heterocycles. The van der Waals surface area contributed by atoms with Crippen LogP contribution in [0.5, 0.6) is 0 Å². The summed E-state index contributed by atoms with van der Waals surface area (Å²) >= 11 is 11.9. The molecule has 2 aliphatic rings. The highest BCUT2D eigenvalue weighted by Gasteiger charge is 2.44. The van der Waals surface area contributed by atoms with Crippen molar-refractivity contribution in [2.45, 2.75) is 37.0 Å². The fraction of sp³-hybridized carbons (Fsp3) is 0.400. The van der Waals surface area contributed by atoms with Gasteiger partial charge < -0.3 is 29.2 Å². The zero-order valence-corrected chi connectivity index (χ0v) is 16.3. The monoisotopic (exact) mass is 426 g/mol. The molecule has 2 unspecified atom stereocenters. The number of benzene rings is 2. The number of hydrogen-bond donors (Lipinski definition) is 2. The Kier molecular flexibility index (Phi) is 6.20. The van der Waals surface area contributed by atoms with Gasteiger partial charge in [0, 0.05) is 21.2 Å². The molecule has 0 radical (unpaired) electrons. The maximum absolute atomic E-state index is 10.4. The minimum Gasteiger partial charge on any atom is -0.388 e. The van der Waals surface area contributed by atoms with E-state index in [2.05, 4.69) is 0 Å². The second-order valence-corrected chi connectivity index (χ2v) is 7.64. The summed E-state index contributed by atoms with van der Waals surface area (Å²) in [4.78, 5) is 0. The Balaban J connectivity index is 1.51. The molecule has 2 aromatic rings. The molecule has 6 atom stereocenters. The number of aliphatic hydroxyl groups excluding tert-OH is 2. The number of ether oxygens (including phenoxy) is 4. The average Bonchev–Trinajstić information content (AvgIpc) is 2.70. The quantitative estimate of drug-likeness (QED) is 0.784. The van der Waals surface area contributed by atoms with Crippen LogP contribution in [0.15, 0.2) is 48.5 Å². The predicted octanol–water partition coefficient (Wildman–Crippen LogP) is 3.24. The Labute approximate surface area is 172 Å². The fourth-order valence-corrected chi connectivity index (χ4v) is 3.54. The normalized spacial score (nSPS) is 33.6. The SMILES string of the molecule is O[C@@H]1COC(c2ccc(Cl)cc2)O[C@H]1[C@@H]1OC(c2ccc(Cl)cc2)OC[C@@H]1O. The molecular formula is C20H20Cl2O6. The van der Waals surface area contributed by atoms with Crippen LogP contribution in [0.2, 0.25) is 10.0 Å². The van der Waals surface area contributed by atoms with E-state index in [-0.39, 0.29) is 13.2 Å². The van der Waals surface area contributed by atoms with Crippen molar-refractivity contribution in [1.82, 2.24) is 0 Å². The second kappa shape index (κ2) is 8.65. The second-order valence-electron chi connectivity index (χ2n) is 6.77. The molecule has 2 aromatic carbocycles. The first kappa shape index (κ1) is 20.1. The summed E-state index contributed by atoms with van der Waals surface area (Å²) in [6.07, 6.45) is -4.87. The van der Waals surface area contributed by atoms with Gasteiger partial charge in [-0.15, -0.1) is 0 Å². The Morgan fingerprint density at radius 1 is 0.643 bits per heavy atom. The van der Waals surface area contributed by atoms with Crippen LogP contribution in [0.3, 0.4) is 0 Å². The molecule has 0 aromatic heterocycles. The van der Waals surface area contributed by atoms with Crippen molar-refractivity contribution in [3.63, 3.8) is 0 Å². The van der Waals surface area contributed by atoms with Crippen LogP contribution < -0.4 is 0 Å². The summed E-state index contributed by atoms with van der Waals surface area (Å²) in [7, 11) is 0. The minimum absolute atomic E-state index is 0.0526. The van der Waals surface area contributed by atoms with Crippen LogP contribution in [0, 0.1) is 0 Å². The number of aliphatic hydroxyl groups is 2. The highest BCUT2D eigenvalue weighted by molar-refractivity contribution is 6.30. The molecule has 8 heteroatoms. The number of halogens is 2. The topological polar surface area (TPSA) is 77.4 Å². The number of rotatable bonds is 3. The van der Waals surface area contributed by atoms with Crippen LogP contribution in [-0.2, 0) is 18.9 Å². The Bertz CT molecular complexity index is 717. The zero-order valence-electron chi connectivity index (χ0n) is 14.8. The van der Waals surface area contributed by atoms with Crippen molar-refractivity contribution in [3.05, 3.63) is 69.7 Å². The van der Waals surface area contributed by atoms with Crippen molar-refractivity contribution in [2.24, 2.45) is 0 Å². The fourth-order valence-electron chi connectivity index (χ4n) is 3.29. The Morgan fingerprint density at radius 3 is 1.36 bits per heavy atom. The first-order valence-corrected chi connectivity index (χ1v) is 9.68. The van der Waals surface area contributed by atoms with Crippen LogP contribution in [0.1, 0.15) is 23.7 Å². The van der Waals surface area contributed by atoms with Crippen LogP contribution in [0.4, 0.5) is 0 Å². The van der Waals surface area contributed by atoms with Gasteiger partial charge in [-0.1, -0.05) is 47.5 Å². The molecule has 2 heterocycles. The third-order valence-corrected chi connectivity index (χ3v) is 5.27. The van der Waals surface area contributed by atoms with Gasteiger partial charge in [0.25, 0.3) is 0 Å². The summed E-state index contributed by atoms with van der Waals surface area (Å²) in [6, 6.07) is 14.1. The van der Waals surface area contributed by atoms with E-state index in [0.29, 0.717) is 10.0 Å². The first-order valence-electron chi connectivity index (χ1n) is 8.92. The summed E-state index contributed by atoms with van der Waals surface area (Å²) in [5.41, 5.74) is 1.52. The third kappa shape index (κ3) is 4.35. The lowest BCUT2D eigenvalue weighted by atomic mass is 10.0. The Morgan fingerprint density at radius 2 is 1.00 bits per heavy atom. The van der Waals surface area contributed by atoms with Gasteiger partial charge in [-0.3, -0.25) is 0 Å². The molecule has 0 spiro atoms. The molecular weight excluding hydrogens is 407 g/mol. The third-order valence-electron chi connectivity index (χ3n) is 4.76. The van der Waals surface area contributed by atoms with Gasteiger partial charge in [0.05, 0.1) is 13.2 Å². The lowest BCUT2D eigenvalue weighted by molar-refractivity contribution is -0.331. The van der Waals surface area contributed by atoms with Crippen molar-refractivity contribution < 1.29 is 29.2 Å².